The Kier molecular flexibility index (Phi) is 4.07. The van der Waals surface area contributed by atoms with Crippen LogP contribution in [0.1, 0.15) is 6.42 Å². The summed E-state index contributed by atoms with van der Waals surface area (Å²) in [6.07, 6.45) is -0.467. The van der Waals surface area contributed by atoms with Crippen LogP contribution in [0, 0.1) is 0 Å². The molecular weight excluding hydrogens is 303 g/mol. The Morgan fingerprint density at radius 2 is 1.60 bits per heavy atom. The van der Waals surface area contributed by atoms with Crippen molar-refractivity contribution in [2.45, 2.75) is 16.9 Å². The fourth-order valence-electron chi connectivity index (χ4n) is 0.260. The molecular formula is C4H4Cl2F3I. The summed E-state index contributed by atoms with van der Waals surface area (Å²) in [4.78, 5) is 0. The summed E-state index contributed by atoms with van der Waals surface area (Å²) in [5, 5.41) is -7.10. The van der Waals surface area contributed by atoms with Gasteiger partial charge in [0.2, 0.25) is 0 Å². The van der Waals surface area contributed by atoms with Crippen LogP contribution in [0.5, 0.6) is 0 Å². The number of halogens is 6. The van der Waals surface area contributed by atoms with Crippen molar-refractivity contribution in [2.24, 2.45) is 0 Å². The topological polar surface area (TPSA) is 0 Å². The molecule has 0 aliphatic heterocycles. The standard InChI is InChI=1S/C4H4Cl2F3I/c5-3(7,1-2-10)4(6,8)9/h1-2H2. The van der Waals surface area contributed by atoms with Crippen LogP contribution in [0.25, 0.3) is 0 Å². The predicted molar refractivity (Wildman–Crippen MR) is 44.0 cm³/mol. The maximum atomic E-state index is 12.5. The van der Waals surface area contributed by atoms with E-state index in [4.69, 9.17) is 11.6 Å². The van der Waals surface area contributed by atoms with E-state index in [0.29, 0.717) is 0 Å². The lowest BCUT2D eigenvalue weighted by Gasteiger charge is -2.21. The van der Waals surface area contributed by atoms with Crippen molar-refractivity contribution in [1.29, 1.82) is 0 Å². The first-order chi connectivity index (χ1) is 4.31. The number of hydrogen-bond acceptors (Lipinski definition) is 0. The van der Waals surface area contributed by atoms with Gasteiger partial charge in [0.05, 0.1) is 0 Å². The second-order valence-corrected chi connectivity index (χ2v) is 3.79. The Morgan fingerprint density at radius 1 is 1.20 bits per heavy atom. The molecule has 0 aliphatic carbocycles. The molecule has 0 spiro atoms. The molecule has 0 fully saturated rings. The highest BCUT2D eigenvalue weighted by molar-refractivity contribution is 14.1. The van der Waals surface area contributed by atoms with Crippen molar-refractivity contribution >= 4 is 45.8 Å². The van der Waals surface area contributed by atoms with Crippen molar-refractivity contribution in [3.63, 3.8) is 0 Å². The molecule has 0 heterocycles. The van der Waals surface area contributed by atoms with Crippen LogP contribution in [0.4, 0.5) is 13.2 Å². The summed E-state index contributed by atoms with van der Waals surface area (Å²) >= 11 is 10.9. The minimum atomic E-state index is -3.99. The van der Waals surface area contributed by atoms with Gasteiger partial charge < -0.3 is 0 Å². The summed E-state index contributed by atoms with van der Waals surface area (Å²) in [5.74, 6) is 0. The molecule has 0 aliphatic rings. The van der Waals surface area contributed by atoms with Crippen LogP contribution in [0.2, 0.25) is 0 Å². The molecule has 0 nitrogen and oxygen atoms in total. The van der Waals surface area contributed by atoms with Crippen molar-refractivity contribution < 1.29 is 13.2 Å². The molecule has 0 rings (SSSR count). The maximum Gasteiger partial charge on any atom is 0.369 e. The minimum absolute atomic E-state index is 0.195. The third kappa shape index (κ3) is 3.00. The van der Waals surface area contributed by atoms with Gasteiger partial charge in [-0.25, -0.2) is 4.39 Å². The molecule has 0 radical (unpaired) electrons. The van der Waals surface area contributed by atoms with E-state index in [1.165, 1.54) is 0 Å². The van der Waals surface area contributed by atoms with Gasteiger partial charge in [0.15, 0.2) is 0 Å². The largest absolute Gasteiger partial charge is 0.369 e. The fraction of sp³-hybridized carbons (Fsp3) is 1.00. The van der Waals surface area contributed by atoms with E-state index in [-0.39, 0.29) is 4.43 Å². The highest BCUT2D eigenvalue weighted by Gasteiger charge is 2.51. The second kappa shape index (κ2) is 3.67. The first-order valence-corrected chi connectivity index (χ1v) is 4.60. The number of hydrogen-bond donors (Lipinski definition) is 0. The molecule has 0 bridgehead atoms. The summed E-state index contributed by atoms with van der Waals surface area (Å²) in [7, 11) is 0. The quantitative estimate of drug-likeness (QED) is 0.552. The lowest BCUT2D eigenvalue weighted by atomic mass is 10.3. The zero-order valence-electron chi connectivity index (χ0n) is 4.68. The molecule has 0 aromatic heterocycles. The van der Waals surface area contributed by atoms with E-state index in [9.17, 15) is 13.2 Å². The molecule has 0 aromatic carbocycles. The van der Waals surface area contributed by atoms with Crippen LogP contribution in [0.3, 0.4) is 0 Å². The van der Waals surface area contributed by atoms with Gasteiger partial charge in [-0.05, 0) is 11.6 Å². The van der Waals surface area contributed by atoms with Crippen molar-refractivity contribution in [2.75, 3.05) is 4.43 Å². The highest BCUT2D eigenvalue weighted by atomic mass is 127. The molecule has 10 heavy (non-hydrogen) atoms. The monoisotopic (exact) mass is 306 g/mol. The molecule has 0 amide bonds. The summed E-state index contributed by atoms with van der Waals surface area (Å²) in [5.41, 5.74) is 0. The third-order valence-electron chi connectivity index (χ3n) is 0.823. The summed E-state index contributed by atoms with van der Waals surface area (Å²) < 4.78 is 36.6. The van der Waals surface area contributed by atoms with Gasteiger partial charge in [-0.1, -0.05) is 34.2 Å². The van der Waals surface area contributed by atoms with Crippen LogP contribution >= 0.6 is 45.8 Å². The minimum Gasteiger partial charge on any atom is -0.218 e. The molecule has 0 saturated carbocycles. The lowest BCUT2D eigenvalue weighted by molar-refractivity contribution is -0.0204. The maximum absolute atomic E-state index is 12.5. The zero-order chi connectivity index (χ0) is 8.41. The molecule has 0 aromatic rings. The third-order valence-corrected chi connectivity index (χ3v) is 2.19. The summed E-state index contributed by atoms with van der Waals surface area (Å²) in [6.45, 7) is 0. The average molecular weight is 307 g/mol. The van der Waals surface area contributed by atoms with E-state index in [0.717, 1.165) is 0 Å². The van der Waals surface area contributed by atoms with Crippen molar-refractivity contribution in [1.82, 2.24) is 0 Å². The van der Waals surface area contributed by atoms with Crippen LogP contribution < -0.4 is 0 Å². The molecule has 0 saturated heterocycles. The van der Waals surface area contributed by atoms with Crippen LogP contribution in [0.15, 0.2) is 0 Å². The van der Waals surface area contributed by atoms with E-state index in [1.807, 2.05) is 0 Å². The van der Waals surface area contributed by atoms with E-state index < -0.39 is 16.9 Å². The highest BCUT2D eigenvalue weighted by Crippen LogP contribution is 2.42. The van der Waals surface area contributed by atoms with E-state index in [1.54, 1.807) is 22.6 Å². The molecule has 1 atom stereocenters. The first kappa shape index (κ1) is 11.1. The fourth-order valence-corrected chi connectivity index (χ4v) is 1.51. The smallest absolute Gasteiger partial charge is 0.218 e. The molecule has 0 N–H and O–H groups in total. The SMILES string of the molecule is FC(F)(Cl)C(F)(Cl)CCI. The Hall–Kier alpha value is 1.10. The Balaban J connectivity index is 4.10. The number of rotatable bonds is 3. The normalized spacial score (nSPS) is 18.6. The second-order valence-electron chi connectivity index (χ2n) is 1.64. The van der Waals surface area contributed by atoms with Gasteiger partial charge in [-0.15, -0.1) is 0 Å². The van der Waals surface area contributed by atoms with Crippen molar-refractivity contribution in [3.8, 4) is 0 Å². The van der Waals surface area contributed by atoms with Gasteiger partial charge in [0, 0.05) is 10.8 Å². The lowest BCUT2D eigenvalue weighted by Crippen LogP contribution is -2.34. The van der Waals surface area contributed by atoms with Crippen molar-refractivity contribution in [3.05, 3.63) is 0 Å². The Bertz CT molecular complexity index is 112. The first-order valence-electron chi connectivity index (χ1n) is 2.32. The molecule has 6 heteroatoms. The summed E-state index contributed by atoms with van der Waals surface area (Å²) in [6, 6.07) is 0. The zero-order valence-corrected chi connectivity index (χ0v) is 8.35. The van der Waals surface area contributed by atoms with E-state index in [2.05, 4.69) is 11.6 Å². The van der Waals surface area contributed by atoms with Gasteiger partial charge >= 0.3 is 5.38 Å². The van der Waals surface area contributed by atoms with Gasteiger partial charge in [-0.3, -0.25) is 0 Å². The van der Waals surface area contributed by atoms with Crippen LogP contribution in [-0.2, 0) is 0 Å². The Labute approximate surface area is 80.2 Å². The van der Waals surface area contributed by atoms with Gasteiger partial charge in [0.25, 0.3) is 5.13 Å². The van der Waals surface area contributed by atoms with Gasteiger partial charge in [0.1, 0.15) is 0 Å². The molecule has 1 unspecified atom stereocenters. The van der Waals surface area contributed by atoms with Crippen LogP contribution in [-0.4, -0.2) is 14.9 Å². The molecule has 62 valence electrons. The van der Waals surface area contributed by atoms with Gasteiger partial charge in [-0.2, -0.15) is 8.78 Å². The predicted octanol–water partition coefficient (Wildman–Crippen LogP) is 3.55. The van der Waals surface area contributed by atoms with E-state index >= 15 is 0 Å². The number of alkyl halides is 6. The Morgan fingerprint density at radius 3 is 1.70 bits per heavy atom. The average Bonchev–Trinajstić information content (AvgIpc) is 1.61.